The zero-order valence-electron chi connectivity index (χ0n) is 10.3. The van der Waals surface area contributed by atoms with Crippen LogP contribution in [0.5, 0.6) is 5.75 Å². The molecule has 0 spiro atoms. The van der Waals surface area contributed by atoms with Gasteiger partial charge in [0.05, 0.1) is 23.4 Å². The molecule has 19 heavy (non-hydrogen) atoms. The quantitative estimate of drug-likeness (QED) is 0.533. The third-order valence-electron chi connectivity index (χ3n) is 2.65. The summed E-state index contributed by atoms with van der Waals surface area (Å²) >= 11 is 5.98. The number of halogens is 1. The summed E-state index contributed by atoms with van der Waals surface area (Å²) < 4.78 is 5.09. The molecular weight excluding hydrogens is 264 g/mol. The molecule has 2 rings (SSSR count). The Morgan fingerprint density at radius 3 is 2.63 bits per heavy atom. The van der Waals surface area contributed by atoms with Gasteiger partial charge in [-0.1, -0.05) is 29.8 Å². The largest absolute Gasteiger partial charge is 0.497 e. The Morgan fingerprint density at radius 2 is 1.95 bits per heavy atom. The number of nitrogens with two attached hydrogens (primary N) is 1. The van der Waals surface area contributed by atoms with Gasteiger partial charge in [-0.25, -0.2) is 10.9 Å². The fourth-order valence-corrected chi connectivity index (χ4v) is 1.86. The predicted molar refractivity (Wildman–Crippen MR) is 75.4 cm³/mol. The van der Waals surface area contributed by atoms with Crippen LogP contribution in [0.2, 0.25) is 5.02 Å². The Kier molecular flexibility index (Phi) is 4.04. The zero-order valence-corrected chi connectivity index (χ0v) is 11.1. The topological polar surface area (TPSA) is 55.6 Å². The maximum absolute atomic E-state index is 12.2. The monoisotopic (exact) mass is 276 g/mol. The van der Waals surface area contributed by atoms with Gasteiger partial charge in [-0.2, -0.15) is 0 Å². The molecule has 1 amide bonds. The molecule has 0 saturated carbocycles. The van der Waals surface area contributed by atoms with Crippen molar-refractivity contribution in [2.24, 2.45) is 5.84 Å². The average Bonchev–Trinajstić information content (AvgIpc) is 2.46. The lowest BCUT2D eigenvalue weighted by molar-refractivity contribution is 0.0987. The standard InChI is InChI=1S/C14H13ClN2O2/c1-19-11-6-4-5-10(9-11)17(16)14(18)12-7-2-3-8-13(12)15/h2-9H,16H2,1H3. The van der Waals surface area contributed by atoms with E-state index < -0.39 is 0 Å². The molecule has 2 aromatic carbocycles. The SMILES string of the molecule is COc1cccc(N(N)C(=O)c2ccccc2Cl)c1. The maximum Gasteiger partial charge on any atom is 0.273 e. The van der Waals surface area contributed by atoms with E-state index in [2.05, 4.69) is 0 Å². The predicted octanol–water partition coefficient (Wildman–Crippen LogP) is 2.87. The molecule has 0 unspecified atom stereocenters. The smallest absolute Gasteiger partial charge is 0.273 e. The summed E-state index contributed by atoms with van der Waals surface area (Å²) in [7, 11) is 1.55. The number of hydrazine groups is 1. The fourth-order valence-electron chi connectivity index (χ4n) is 1.64. The van der Waals surface area contributed by atoms with E-state index in [-0.39, 0.29) is 5.91 Å². The van der Waals surface area contributed by atoms with E-state index in [1.165, 1.54) is 0 Å². The number of hydrogen-bond acceptors (Lipinski definition) is 3. The van der Waals surface area contributed by atoms with E-state index in [1.54, 1.807) is 55.6 Å². The van der Waals surface area contributed by atoms with Gasteiger partial charge in [0.15, 0.2) is 0 Å². The summed E-state index contributed by atoms with van der Waals surface area (Å²) in [4.78, 5) is 12.2. The van der Waals surface area contributed by atoms with Gasteiger partial charge in [-0.15, -0.1) is 0 Å². The van der Waals surface area contributed by atoms with Crippen LogP contribution in [0.1, 0.15) is 10.4 Å². The van der Waals surface area contributed by atoms with Crippen molar-refractivity contribution < 1.29 is 9.53 Å². The summed E-state index contributed by atoms with van der Waals surface area (Å²) in [5, 5.41) is 1.41. The van der Waals surface area contributed by atoms with E-state index in [0.717, 1.165) is 5.01 Å². The van der Waals surface area contributed by atoms with Crippen molar-refractivity contribution in [1.82, 2.24) is 0 Å². The van der Waals surface area contributed by atoms with Gasteiger partial charge in [0, 0.05) is 6.07 Å². The third-order valence-corrected chi connectivity index (χ3v) is 2.98. The van der Waals surface area contributed by atoms with Crippen LogP contribution < -0.4 is 15.6 Å². The molecule has 5 heteroatoms. The summed E-state index contributed by atoms with van der Waals surface area (Å²) in [6.07, 6.45) is 0. The van der Waals surface area contributed by atoms with E-state index in [9.17, 15) is 4.79 Å². The van der Waals surface area contributed by atoms with Crippen molar-refractivity contribution in [2.75, 3.05) is 12.1 Å². The van der Waals surface area contributed by atoms with Gasteiger partial charge >= 0.3 is 0 Å². The van der Waals surface area contributed by atoms with Gasteiger partial charge in [-0.05, 0) is 24.3 Å². The van der Waals surface area contributed by atoms with Gasteiger partial charge in [0.25, 0.3) is 5.91 Å². The van der Waals surface area contributed by atoms with Crippen molar-refractivity contribution in [3.63, 3.8) is 0 Å². The Bertz CT molecular complexity index is 602. The Labute approximate surface area is 116 Å². The number of carbonyl (C=O) groups excluding carboxylic acids is 1. The first kappa shape index (κ1) is 13.4. The molecule has 0 fully saturated rings. The number of hydrogen-bond donors (Lipinski definition) is 1. The lowest BCUT2D eigenvalue weighted by Gasteiger charge is -2.17. The van der Waals surface area contributed by atoms with Crippen LogP contribution >= 0.6 is 11.6 Å². The molecule has 98 valence electrons. The van der Waals surface area contributed by atoms with Crippen LogP contribution in [-0.2, 0) is 0 Å². The molecule has 2 N–H and O–H groups in total. The van der Waals surface area contributed by atoms with Crippen molar-refractivity contribution in [1.29, 1.82) is 0 Å². The third kappa shape index (κ3) is 2.86. The Morgan fingerprint density at radius 1 is 1.21 bits per heavy atom. The molecule has 0 bridgehead atoms. The van der Waals surface area contributed by atoms with Crippen molar-refractivity contribution in [3.05, 3.63) is 59.1 Å². The minimum Gasteiger partial charge on any atom is -0.497 e. The Balaban J connectivity index is 2.31. The van der Waals surface area contributed by atoms with E-state index in [4.69, 9.17) is 22.2 Å². The molecule has 2 aromatic rings. The summed E-state index contributed by atoms with van der Waals surface area (Å²) in [6, 6.07) is 13.7. The Hall–Kier alpha value is -2.04. The maximum atomic E-state index is 12.2. The highest BCUT2D eigenvalue weighted by molar-refractivity contribution is 6.34. The first-order chi connectivity index (χ1) is 9.13. The molecule has 0 aliphatic heterocycles. The summed E-state index contributed by atoms with van der Waals surface area (Å²) in [5.41, 5.74) is 0.888. The number of anilines is 1. The van der Waals surface area contributed by atoms with Crippen LogP contribution in [0.3, 0.4) is 0 Å². The lowest BCUT2D eigenvalue weighted by atomic mass is 10.2. The van der Waals surface area contributed by atoms with Gasteiger partial charge in [-0.3, -0.25) is 4.79 Å². The van der Waals surface area contributed by atoms with Gasteiger partial charge < -0.3 is 4.74 Å². The second-order valence-corrected chi connectivity index (χ2v) is 4.26. The van der Waals surface area contributed by atoms with Crippen molar-refractivity contribution in [2.45, 2.75) is 0 Å². The van der Waals surface area contributed by atoms with Crippen LogP contribution in [0, 0.1) is 0 Å². The highest BCUT2D eigenvalue weighted by Crippen LogP contribution is 2.22. The lowest BCUT2D eigenvalue weighted by Crippen LogP contribution is -2.37. The summed E-state index contributed by atoms with van der Waals surface area (Å²) in [6.45, 7) is 0. The molecule has 0 aliphatic rings. The number of ether oxygens (including phenoxy) is 1. The first-order valence-corrected chi connectivity index (χ1v) is 5.99. The first-order valence-electron chi connectivity index (χ1n) is 5.61. The van der Waals surface area contributed by atoms with Crippen LogP contribution in [0.25, 0.3) is 0 Å². The van der Waals surface area contributed by atoms with E-state index >= 15 is 0 Å². The molecule has 0 aromatic heterocycles. The highest BCUT2D eigenvalue weighted by Gasteiger charge is 2.17. The molecule has 4 nitrogen and oxygen atoms in total. The van der Waals surface area contributed by atoms with E-state index in [0.29, 0.717) is 22.0 Å². The number of methoxy groups -OCH3 is 1. The minimum absolute atomic E-state index is 0.356. The van der Waals surface area contributed by atoms with Crippen LogP contribution in [0.4, 0.5) is 5.69 Å². The molecule has 0 radical (unpaired) electrons. The molecule has 0 heterocycles. The molecule has 0 atom stereocenters. The van der Waals surface area contributed by atoms with Crippen LogP contribution in [0.15, 0.2) is 48.5 Å². The van der Waals surface area contributed by atoms with Crippen molar-refractivity contribution >= 4 is 23.2 Å². The number of benzene rings is 2. The number of rotatable bonds is 3. The number of nitrogens with zero attached hydrogens (tertiary/aromatic N) is 1. The molecule has 0 saturated heterocycles. The number of carbonyl (C=O) groups is 1. The fraction of sp³-hybridized carbons (Fsp3) is 0.0714. The second-order valence-electron chi connectivity index (χ2n) is 3.86. The van der Waals surface area contributed by atoms with Crippen molar-refractivity contribution in [3.8, 4) is 5.75 Å². The number of amides is 1. The van der Waals surface area contributed by atoms with Gasteiger partial charge in [0.2, 0.25) is 0 Å². The molecular formula is C14H13ClN2O2. The highest BCUT2D eigenvalue weighted by atomic mass is 35.5. The summed E-state index contributed by atoms with van der Waals surface area (Å²) in [5.74, 6) is 6.08. The normalized spacial score (nSPS) is 10.1. The molecule has 0 aliphatic carbocycles. The zero-order chi connectivity index (χ0) is 13.8. The van der Waals surface area contributed by atoms with E-state index in [1.807, 2.05) is 0 Å². The minimum atomic E-state index is -0.376. The second kappa shape index (κ2) is 5.73. The van der Waals surface area contributed by atoms with Gasteiger partial charge in [0.1, 0.15) is 5.75 Å². The van der Waals surface area contributed by atoms with Crippen LogP contribution in [-0.4, -0.2) is 13.0 Å². The average molecular weight is 277 g/mol.